The highest BCUT2D eigenvalue weighted by Crippen LogP contribution is 2.16. The summed E-state index contributed by atoms with van der Waals surface area (Å²) in [7, 11) is 0. The topological polar surface area (TPSA) is 78.4 Å². The Labute approximate surface area is 153 Å². The van der Waals surface area contributed by atoms with E-state index in [0.717, 1.165) is 64.1 Å². The van der Waals surface area contributed by atoms with Crippen molar-refractivity contribution in [2.45, 2.75) is 6.54 Å². The summed E-state index contributed by atoms with van der Waals surface area (Å²) in [6.07, 6.45) is 3.68. The molecule has 8 heteroatoms. The van der Waals surface area contributed by atoms with Crippen LogP contribution in [0.25, 0.3) is 0 Å². The van der Waals surface area contributed by atoms with Crippen LogP contribution < -0.4 is 20.4 Å². The number of anilines is 3. The highest BCUT2D eigenvalue weighted by molar-refractivity contribution is 5.45. The molecule has 0 bridgehead atoms. The molecule has 4 heterocycles. The van der Waals surface area contributed by atoms with Crippen LogP contribution in [0.4, 0.5) is 17.6 Å². The summed E-state index contributed by atoms with van der Waals surface area (Å²) in [5, 5.41) is 6.70. The molecule has 2 N–H and O–H groups in total. The second kappa shape index (κ2) is 8.29. The van der Waals surface area contributed by atoms with Crippen molar-refractivity contribution in [1.29, 1.82) is 0 Å². The standard InChI is InChI=1S/C18H25N7O/c1-3-20-17(24-7-5-19-6-8-24)13-15(1)14-22-18-21-4-2-16(23-18)25-9-11-26-12-10-25/h1-4,13,19H,5-12,14H2,(H,21,22,23). The number of pyridine rings is 1. The van der Waals surface area contributed by atoms with E-state index in [1.54, 1.807) is 6.20 Å². The predicted molar refractivity (Wildman–Crippen MR) is 102 cm³/mol. The van der Waals surface area contributed by atoms with Gasteiger partial charge >= 0.3 is 0 Å². The van der Waals surface area contributed by atoms with Gasteiger partial charge < -0.3 is 25.2 Å². The van der Waals surface area contributed by atoms with Crippen LogP contribution >= 0.6 is 0 Å². The van der Waals surface area contributed by atoms with Crippen LogP contribution in [0.3, 0.4) is 0 Å². The van der Waals surface area contributed by atoms with Gasteiger partial charge in [-0.05, 0) is 23.8 Å². The first-order valence-electron chi connectivity index (χ1n) is 9.19. The van der Waals surface area contributed by atoms with Crippen molar-refractivity contribution in [2.75, 3.05) is 67.6 Å². The molecule has 0 unspecified atom stereocenters. The number of ether oxygens (including phenoxy) is 1. The number of nitrogens with zero attached hydrogens (tertiary/aromatic N) is 5. The van der Waals surface area contributed by atoms with Gasteiger partial charge in [0.2, 0.25) is 5.95 Å². The van der Waals surface area contributed by atoms with Gasteiger partial charge in [-0.3, -0.25) is 0 Å². The molecule has 2 aliphatic rings. The van der Waals surface area contributed by atoms with Gasteiger partial charge in [-0.25, -0.2) is 9.97 Å². The van der Waals surface area contributed by atoms with Crippen molar-refractivity contribution in [3.05, 3.63) is 36.2 Å². The summed E-state index contributed by atoms with van der Waals surface area (Å²) in [5.41, 5.74) is 1.17. The van der Waals surface area contributed by atoms with E-state index in [2.05, 4.69) is 41.5 Å². The third kappa shape index (κ3) is 4.20. The maximum Gasteiger partial charge on any atom is 0.224 e. The summed E-state index contributed by atoms with van der Waals surface area (Å²) in [6.45, 7) is 7.91. The predicted octanol–water partition coefficient (Wildman–Crippen LogP) is 0.730. The minimum Gasteiger partial charge on any atom is -0.378 e. The molecule has 0 spiro atoms. The van der Waals surface area contributed by atoms with Crippen molar-refractivity contribution >= 4 is 17.6 Å². The van der Waals surface area contributed by atoms with E-state index in [9.17, 15) is 0 Å². The second-order valence-electron chi connectivity index (χ2n) is 6.45. The number of nitrogens with one attached hydrogen (secondary N) is 2. The van der Waals surface area contributed by atoms with Crippen molar-refractivity contribution in [3.63, 3.8) is 0 Å². The Bertz CT molecular complexity index is 653. The minimum absolute atomic E-state index is 0.648. The van der Waals surface area contributed by atoms with Crippen molar-refractivity contribution in [1.82, 2.24) is 20.3 Å². The molecular formula is C18H25N7O. The molecule has 0 atom stereocenters. The molecule has 26 heavy (non-hydrogen) atoms. The second-order valence-corrected chi connectivity index (χ2v) is 6.45. The third-order valence-electron chi connectivity index (χ3n) is 4.68. The van der Waals surface area contributed by atoms with Gasteiger partial charge in [0.1, 0.15) is 11.6 Å². The first-order chi connectivity index (χ1) is 12.9. The fourth-order valence-corrected chi connectivity index (χ4v) is 3.22. The van der Waals surface area contributed by atoms with E-state index in [4.69, 9.17) is 4.74 Å². The van der Waals surface area contributed by atoms with E-state index < -0.39 is 0 Å². The monoisotopic (exact) mass is 355 g/mol. The highest BCUT2D eigenvalue weighted by atomic mass is 16.5. The van der Waals surface area contributed by atoms with Crippen LogP contribution in [0.1, 0.15) is 5.56 Å². The molecule has 2 aliphatic heterocycles. The first kappa shape index (κ1) is 17.0. The Hall–Kier alpha value is -2.45. The lowest BCUT2D eigenvalue weighted by atomic mass is 10.2. The summed E-state index contributed by atoms with van der Waals surface area (Å²) in [6, 6.07) is 6.13. The zero-order valence-corrected chi connectivity index (χ0v) is 14.9. The first-order valence-corrected chi connectivity index (χ1v) is 9.19. The lowest BCUT2D eigenvalue weighted by molar-refractivity contribution is 0.122. The Morgan fingerprint density at radius 3 is 2.58 bits per heavy atom. The Morgan fingerprint density at radius 2 is 1.73 bits per heavy atom. The normalized spacial score (nSPS) is 18.0. The number of piperazine rings is 1. The smallest absolute Gasteiger partial charge is 0.224 e. The molecule has 0 aromatic carbocycles. The largest absolute Gasteiger partial charge is 0.378 e. The van der Waals surface area contributed by atoms with E-state index >= 15 is 0 Å². The van der Waals surface area contributed by atoms with Gasteiger partial charge in [0, 0.05) is 58.2 Å². The van der Waals surface area contributed by atoms with Crippen LogP contribution in [0.15, 0.2) is 30.6 Å². The Kier molecular flexibility index (Phi) is 5.41. The zero-order valence-electron chi connectivity index (χ0n) is 14.9. The number of morpholine rings is 1. The van der Waals surface area contributed by atoms with E-state index in [-0.39, 0.29) is 0 Å². The van der Waals surface area contributed by atoms with Crippen LogP contribution in [0.5, 0.6) is 0 Å². The molecule has 2 aromatic heterocycles. The van der Waals surface area contributed by atoms with Gasteiger partial charge in [0.05, 0.1) is 13.2 Å². The van der Waals surface area contributed by atoms with Gasteiger partial charge in [-0.1, -0.05) is 0 Å². The van der Waals surface area contributed by atoms with E-state index in [0.29, 0.717) is 12.5 Å². The van der Waals surface area contributed by atoms with E-state index in [1.807, 2.05) is 18.3 Å². The van der Waals surface area contributed by atoms with Crippen molar-refractivity contribution < 1.29 is 4.74 Å². The molecule has 2 aromatic rings. The molecule has 2 saturated heterocycles. The number of hydrogen-bond donors (Lipinski definition) is 2. The lowest BCUT2D eigenvalue weighted by Crippen LogP contribution is -2.43. The Balaban J connectivity index is 1.39. The fourth-order valence-electron chi connectivity index (χ4n) is 3.22. The SMILES string of the molecule is c1cc(CNc2nccc(N3CCOCC3)n2)cc(N2CCNCC2)n1. The van der Waals surface area contributed by atoms with Crippen molar-refractivity contribution in [2.24, 2.45) is 0 Å². The summed E-state index contributed by atoms with van der Waals surface area (Å²) in [4.78, 5) is 18.0. The summed E-state index contributed by atoms with van der Waals surface area (Å²) in [5.74, 6) is 2.63. The summed E-state index contributed by atoms with van der Waals surface area (Å²) >= 11 is 0. The quantitative estimate of drug-likeness (QED) is 0.813. The van der Waals surface area contributed by atoms with Crippen LogP contribution in [-0.2, 0) is 11.3 Å². The van der Waals surface area contributed by atoms with Crippen molar-refractivity contribution in [3.8, 4) is 0 Å². The number of hydrogen-bond acceptors (Lipinski definition) is 8. The fraction of sp³-hybridized carbons (Fsp3) is 0.500. The molecule has 8 nitrogen and oxygen atoms in total. The van der Waals surface area contributed by atoms with Crippen LogP contribution in [0.2, 0.25) is 0 Å². The molecule has 0 aliphatic carbocycles. The maximum absolute atomic E-state index is 5.40. The maximum atomic E-state index is 5.40. The number of rotatable bonds is 5. The van der Waals surface area contributed by atoms with Gasteiger partial charge in [-0.2, -0.15) is 4.98 Å². The molecule has 138 valence electrons. The third-order valence-corrected chi connectivity index (χ3v) is 4.68. The molecular weight excluding hydrogens is 330 g/mol. The van der Waals surface area contributed by atoms with Crippen LogP contribution in [0, 0.1) is 0 Å². The lowest BCUT2D eigenvalue weighted by Gasteiger charge is -2.28. The van der Waals surface area contributed by atoms with Gasteiger partial charge in [0.15, 0.2) is 0 Å². The minimum atomic E-state index is 0.648. The average Bonchev–Trinajstić information content (AvgIpc) is 2.74. The average molecular weight is 355 g/mol. The van der Waals surface area contributed by atoms with Crippen LogP contribution in [-0.4, -0.2) is 67.4 Å². The molecule has 0 amide bonds. The Morgan fingerprint density at radius 1 is 0.962 bits per heavy atom. The molecule has 2 fully saturated rings. The molecule has 0 radical (unpaired) electrons. The number of aromatic nitrogens is 3. The zero-order chi connectivity index (χ0) is 17.6. The van der Waals surface area contributed by atoms with Gasteiger partial charge in [0.25, 0.3) is 0 Å². The molecule has 4 rings (SSSR count). The molecule has 0 saturated carbocycles. The van der Waals surface area contributed by atoms with Gasteiger partial charge in [-0.15, -0.1) is 0 Å². The highest BCUT2D eigenvalue weighted by Gasteiger charge is 2.14. The van der Waals surface area contributed by atoms with E-state index in [1.165, 1.54) is 5.56 Å². The summed E-state index contributed by atoms with van der Waals surface area (Å²) < 4.78 is 5.40.